The molecule has 1 rings (SSSR count). The van der Waals surface area contributed by atoms with Crippen LogP contribution in [0, 0.1) is 0 Å². The monoisotopic (exact) mass is 225 g/mol. The fraction of sp³-hybridized carbons (Fsp3) is 0.385. The van der Waals surface area contributed by atoms with Crippen molar-refractivity contribution >= 4 is 12.4 Å². The van der Waals surface area contributed by atoms with Gasteiger partial charge in [-0.3, -0.25) is 4.90 Å². The number of halogens is 1. The molecule has 0 aromatic heterocycles. The van der Waals surface area contributed by atoms with Crippen LogP contribution in [0.4, 0.5) is 0 Å². The van der Waals surface area contributed by atoms with Gasteiger partial charge in [-0.1, -0.05) is 43.3 Å². The minimum atomic E-state index is 0. The zero-order valence-electron chi connectivity index (χ0n) is 9.52. The van der Waals surface area contributed by atoms with Crippen LogP contribution in [0.5, 0.6) is 0 Å². The summed E-state index contributed by atoms with van der Waals surface area (Å²) in [5.74, 6) is 0. The summed E-state index contributed by atoms with van der Waals surface area (Å²) in [5.41, 5.74) is 1.39. The fourth-order valence-corrected chi connectivity index (χ4v) is 1.81. The van der Waals surface area contributed by atoms with Crippen molar-refractivity contribution in [3.05, 3.63) is 48.6 Å². The molecule has 1 atom stereocenters. The molecule has 0 heterocycles. The summed E-state index contributed by atoms with van der Waals surface area (Å²) < 4.78 is 0. The van der Waals surface area contributed by atoms with Crippen LogP contribution in [0.3, 0.4) is 0 Å². The van der Waals surface area contributed by atoms with Crippen molar-refractivity contribution in [1.29, 1.82) is 0 Å². The van der Waals surface area contributed by atoms with Gasteiger partial charge in [0.25, 0.3) is 0 Å². The first kappa shape index (κ1) is 14.2. The molecule has 0 aliphatic heterocycles. The minimum absolute atomic E-state index is 0. The van der Waals surface area contributed by atoms with Crippen LogP contribution in [0.2, 0.25) is 0 Å². The minimum Gasteiger partial charge on any atom is -0.296 e. The molecule has 0 saturated heterocycles. The fourth-order valence-electron chi connectivity index (χ4n) is 1.81. The lowest BCUT2D eigenvalue weighted by Gasteiger charge is -2.26. The normalized spacial score (nSPS) is 11.9. The number of rotatable bonds is 5. The van der Waals surface area contributed by atoms with Gasteiger partial charge in [0.1, 0.15) is 0 Å². The summed E-state index contributed by atoms with van der Waals surface area (Å²) in [7, 11) is 2.14. The molecule has 0 spiro atoms. The van der Waals surface area contributed by atoms with E-state index in [2.05, 4.69) is 55.8 Å². The SMILES string of the molecule is C=CCN(C)C(CC)c1ccccc1.Cl. The van der Waals surface area contributed by atoms with Gasteiger partial charge in [-0.25, -0.2) is 0 Å². The molecule has 0 bridgehead atoms. The van der Waals surface area contributed by atoms with Gasteiger partial charge in [0.15, 0.2) is 0 Å². The summed E-state index contributed by atoms with van der Waals surface area (Å²) in [6.45, 7) is 6.93. The predicted octanol–water partition coefficient (Wildman–Crippen LogP) is 3.68. The Balaban J connectivity index is 0.00000196. The lowest BCUT2D eigenvalue weighted by Crippen LogP contribution is -2.24. The van der Waals surface area contributed by atoms with Crippen molar-refractivity contribution in [3.8, 4) is 0 Å². The van der Waals surface area contributed by atoms with E-state index in [1.807, 2.05) is 6.08 Å². The van der Waals surface area contributed by atoms with Crippen LogP contribution in [0.15, 0.2) is 43.0 Å². The lowest BCUT2D eigenvalue weighted by molar-refractivity contribution is 0.264. The summed E-state index contributed by atoms with van der Waals surface area (Å²) in [6.07, 6.45) is 3.08. The van der Waals surface area contributed by atoms with Crippen molar-refractivity contribution < 1.29 is 0 Å². The highest BCUT2D eigenvalue weighted by Crippen LogP contribution is 2.21. The Kier molecular flexibility index (Phi) is 7.10. The smallest absolute Gasteiger partial charge is 0.0345 e. The Morgan fingerprint density at radius 2 is 1.93 bits per heavy atom. The second-order valence-corrected chi connectivity index (χ2v) is 3.56. The Morgan fingerprint density at radius 1 is 1.33 bits per heavy atom. The van der Waals surface area contributed by atoms with Crippen LogP contribution >= 0.6 is 12.4 Å². The molecular formula is C13H20ClN. The Bertz CT molecular complexity index is 271. The number of hydrogen-bond acceptors (Lipinski definition) is 1. The Hall–Kier alpha value is -0.790. The Morgan fingerprint density at radius 3 is 2.40 bits per heavy atom. The van der Waals surface area contributed by atoms with Crippen molar-refractivity contribution in [2.75, 3.05) is 13.6 Å². The van der Waals surface area contributed by atoms with Crippen LogP contribution in [0.1, 0.15) is 24.9 Å². The van der Waals surface area contributed by atoms with Gasteiger partial charge < -0.3 is 0 Å². The van der Waals surface area contributed by atoms with Crippen LogP contribution in [0.25, 0.3) is 0 Å². The molecule has 1 unspecified atom stereocenters. The average molecular weight is 226 g/mol. The van der Waals surface area contributed by atoms with E-state index >= 15 is 0 Å². The molecule has 1 aromatic carbocycles. The molecule has 0 amide bonds. The molecule has 0 radical (unpaired) electrons. The molecule has 0 N–H and O–H groups in total. The summed E-state index contributed by atoms with van der Waals surface area (Å²) in [5, 5.41) is 0. The molecule has 2 heteroatoms. The first-order valence-corrected chi connectivity index (χ1v) is 5.15. The van der Waals surface area contributed by atoms with E-state index < -0.39 is 0 Å². The maximum Gasteiger partial charge on any atom is 0.0345 e. The molecule has 0 aliphatic rings. The van der Waals surface area contributed by atoms with E-state index in [0.29, 0.717) is 6.04 Å². The third-order valence-corrected chi connectivity index (χ3v) is 2.52. The van der Waals surface area contributed by atoms with E-state index in [9.17, 15) is 0 Å². The zero-order valence-corrected chi connectivity index (χ0v) is 10.3. The molecule has 1 aromatic rings. The van der Waals surface area contributed by atoms with E-state index in [-0.39, 0.29) is 12.4 Å². The highest BCUT2D eigenvalue weighted by atomic mass is 35.5. The van der Waals surface area contributed by atoms with E-state index in [0.717, 1.165) is 13.0 Å². The average Bonchev–Trinajstić information content (AvgIpc) is 2.21. The van der Waals surface area contributed by atoms with E-state index in [1.54, 1.807) is 0 Å². The van der Waals surface area contributed by atoms with Crippen LogP contribution in [-0.2, 0) is 0 Å². The second kappa shape index (κ2) is 7.49. The third-order valence-electron chi connectivity index (χ3n) is 2.52. The van der Waals surface area contributed by atoms with Crippen molar-refractivity contribution in [3.63, 3.8) is 0 Å². The largest absolute Gasteiger partial charge is 0.296 e. The number of benzene rings is 1. The van der Waals surface area contributed by atoms with Gasteiger partial charge >= 0.3 is 0 Å². The Labute approximate surface area is 99.2 Å². The first-order chi connectivity index (χ1) is 6.79. The van der Waals surface area contributed by atoms with Gasteiger partial charge in [-0.2, -0.15) is 0 Å². The molecule has 84 valence electrons. The van der Waals surface area contributed by atoms with Gasteiger partial charge in [0.2, 0.25) is 0 Å². The number of hydrogen-bond donors (Lipinski definition) is 0. The zero-order chi connectivity index (χ0) is 10.4. The molecule has 1 nitrogen and oxygen atoms in total. The van der Waals surface area contributed by atoms with Crippen molar-refractivity contribution in [2.24, 2.45) is 0 Å². The maximum atomic E-state index is 3.77. The lowest BCUT2D eigenvalue weighted by atomic mass is 10.0. The summed E-state index contributed by atoms with van der Waals surface area (Å²) >= 11 is 0. The third kappa shape index (κ3) is 4.06. The van der Waals surface area contributed by atoms with Gasteiger partial charge in [-0.05, 0) is 19.0 Å². The highest BCUT2D eigenvalue weighted by Gasteiger charge is 2.12. The first-order valence-electron chi connectivity index (χ1n) is 5.15. The second-order valence-electron chi connectivity index (χ2n) is 3.56. The molecule has 0 fully saturated rings. The maximum absolute atomic E-state index is 3.77. The quantitative estimate of drug-likeness (QED) is 0.692. The van der Waals surface area contributed by atoms with E-state index in [1.165, 1.54) is 5.56 Å². The molecular weight excluding hydrogens is 206 g/mol. The van der Waals surface area contributed by atoms with Gasteiger partial charge in [0, 0.05) is 12.6 Å². The van der Waals surface area contributed by atoms with Crippen LogP contribution < -0.4 is 0 Å². The molecule has 0 saturated carbocycles. The van der Waals surface area contributed by atoms with Crippen LogP contribution in [-0.4, -0.2) is 18.5 Å². The van der Waals surface area contributed by atoms with Gasteiger partial charge in [-0.15, -0.1) is 19.0 Å². The number of likely N-dealkylation sites (N-methyl/N-ethyl adjacent to an activating group) is 1. The summed E-state index contributed by atoms with van der Waals surface area (Å²) in [6, 6.07) is 11.1. The van der Waals surface area contributed by atoms with E-state index in [4.69, 9.17) is 0 Å². The topological polar surface area (TPSA) is 3.24 Å². The standard InChI is InChI=1S/C13H19N.ClH/c1-4-11-14(3)13(5-2)12-9-7-6-8-10-12;/h4,6-10,13H,1,5,11H2,2-3H3;1H. The van der Waals surface area contributed by atoms with Crippen molar-refractivity contribution in [1.82, 2.24) is 4.90 Å². The molecule has 15 heavy (non-hydrogen) atoms. The number of nitrogens with zero attached hydrogens (tertiary/aromatic N) is 1. The highest BCUT2D eigenvalue weighted by molar-refractivity contribution is 5.85. The summed E-state index contributed by atoms with van der Waals surface area (Å²) in [4.78, 5) is 2.32. The molecule has 0 aliphatic carbocycles. The van der Waals surface area contributed by atoms with Gasteiger partial charge in [0.05, 0.1) is 0 Å². The van der Waals surface area contributed by atoms with Crippen molar-refractivity contribution in [2.45, 2.75) is 19.4 Å². The predicted molar refractivity (Wildman–Crippen MR) is 69.5 cm³/mol.